The standard InChI is InChI=1S/C11H26O3S/c1-5-9-10-11-15(12-6-2,13-7-3)14-8-4/h5-11H2,1-4H3. The van der Waals surface area contributed by atoms with E-state index in [1.807, 2.05) is 20.8 Å². The van der Waals surface area contributed by atoms with Crippen LogP contribution in [0.5, 0.6) is 0 Å². The molecule has 0 atom stereocenters. The fraction of sp³-hybridized carbons (Fsp3) is 1.00. The SMILES string of the molecule is CCCCCS(OCC)(OCC)OCC. The van der Waals surface area contributed by atoms with Crippen LogP contribution in [-0.4, -0.2) is 25.6 Å². The predicted octanol–water partition coefficient (Wildman–Crippen LogP) is 3.84. The van der Waals surface area contributed by atoms with E-state index >= 15 is 0 Å². The molecule has 94 valence electrons. The maximum atomic E-state index is 5.70. The lowest BCUT2D eigenvalue weighted by Gasteiger charge is -2.36. The van der Waals surface area contributed by atoms with Crippen LogP contribution in [0.15, 0.2) is 0 Å². The average Bonchev–Trinajstić information content (AvgIpc) is 2.19. The third kappa shape index (κ3) is 6.40. The molecule has 0 amide bonds. The van der Waals surface area contributed by atoms with Crippen LogP contribution in [0.3, 0.4) is 0 Å². The molecule has 4 heteroatoms. The van der Waals surface area contributed by atoms with Crippen molar-refractivity contribution in [3.8, 4) is 0 Å². The lowest BCUT2D eigenvalue weighted by molar-refractivity contribution is 0.185. The topological polar surface area (TPSA) is 27.7 Å². The number of hydrogen-bond donors (Lipinski definition) is 0. The van der Waals surface area contributed by atoms with E-state index in [2.05, 4.69) is 6.92 Å². The Labute approximate surface area is 96.4 Å². The zero-order chi connectivity index (χ0) is 11.6. The molecule has 0 radical (unpaired) electrons. The molecule has 15 heavy (non-hydrogen) atoms. The minimum atomic E-state index is -1.72. The number of unbranched alkanes of at least 4 members (excludes halogenated alkanes) is 2. The Balaban J connectivity index is 4.18. The highest BCUT2D eigenvalue weighted by Crippen LogP contribution is 2.52. The highest BCUT2D eigenvalue weighted by Gasteiger charge is 2.25. The van der Waals surface area contributed by atoms with Crippen molar-refractivity contribution >= 4 is 10.9 Å². The van der Waals surface area contributed by atoms with E-state index in [-0.39, 0.29) is 0 Å². The van der Waals surface area contributed by atoms with Crippen LogP contribution in [0.1, 0.15) is 47.0 Å². The van der Waals surface area contributed by atoms with Gasteiger partial charge in [0, 0.05) is 5.75 Å². The largest absolute Gasteiger partial charge is 0.293 e. The molecular weight excluding hydrogens is 212 g/mol. The summed E-state index contributed by atoms with van der Waals surface area (Å²) in [6, 6.07) is 0. The van der Waals surface area contributed by atoms with Crippen molar-refractivity contribution in [3.05, 3.63) is 0 Å². The third-order valence-corrected chi connectivity index (χ3v) is 4.46. The number of rotatable bonds is 10. The molecule has 0 saturated heterocycles. The van der Waals surface area contributed by atoms with Gasteiger partial charge in [-0.2, -0.15) is 0 Å². The van der Waals surface area contributed by atoms with Gasteiger partial charge in [0.1, 0.15) is 0 Å². The zero-order valence-electron chi connectivity index (χ0n) is 10.6. The summed E-state index contributed by atoms with van der Waals surface area (Å²) in [4.78, 5) is 0. The van der Waals surface area contributed by atoms with Crippen LogP contribution < -0.4 is 0 Å². The molecule has 0 fully saturated rings. The molecule has 0 heterocycles. The van der Waals surface area contributed by atoms with Crippen molar-refractivity contribution in [2.24, 2.45) is 0 Å². The fourth-order valence-electron chi connectivity index (χ4n) is 1.35. The lowest BCUT2D eigenvalue weighted by Crippen LogP contribution is -2.16. The van der Waals surface area contributed by atoms with Gasteiger partial charge in [-0.15, -0.1) is 0 Å². The molecule has 0 saturated carbocycles. The molecule has 0 bridgehead atoms. The lowest BCUT2D eigenvalue weighted by atomic mass is 10.3. The van der Waals surface area contributed by atoms with Crippen LogP contribution in [0.2, 0.25) is 0 Å². The van der Waals surface area contributed by atoms with E-state index in [0.717, 1.165) is 12.2 Å². The van der Waals surface area contributed by atoms with Crippen molar-refractivity contribution in [2.75, 3.05) is 25.6 Å². The second kappa shape index (κ2) is 9.46. The van der Waals surface area contributed by atoms with Gasteiger partial charge in [-0.3, -0.25) is 12.5 Å². The van der Waals surface area contributed by atoms with E-state index in [1.54, 1.807) is 0 Å². The van der Waals surface area contributed by atoms with Crippen molar-refractivity contribution in [1.82, 2.24) is 0 Å². The van der Waals surface area contributed by atoms with Gasteiger partial charge >= 0.3 is 0 Å². The summed E-state index contributed by atoms with van der Waals surface area (Å²) in [5.41, 5.74) is 0. The molecule has 0 aromatic rings. The molecule has 0 aliphatic rings. The summed E-state index contributed by atoms with van der Waals surface area (Å²) in [6.45, 7) is 10.1. The average molecular weight is 238 g/mol. The fourth-order valence-corrected chi connectivity index (χ4v) is 3.54. The Hall–Kier alpha value is 0.230. The van der Waals surface area contributed by atoms with Gasteiger partial charge < -0.3 is 0 Å². The second-order valence-electron chi connectivity index (χ2n) is 3.19. The van der Waals surface area contributed by atoms with E-state index in [1.165, 1.54) is 12.8 Å². The molecule has 0 unspecified atom stereocenters. The summed E-state index contributed by atoms with van der Waals surface area (Å²) < 4.78 is 17.1. The van der Waals surface area contributed by atoms with Crippen molar-refractivity contribution < 1.29 is 12.5 Å². The maximum Gasteiger partial charge on any atom is 0.0887 e. The van der Waals surface area contributed by atoms with Crippen molar-refractivity contribution in [2.45, 2.75) is 47.0 Å². The van der Waals surface area contributed by atoms with Gasteiger partial charge in [0.15, 0.2) is 0 Å². The van der Waals surface area contributed by atoms with Gasteiger partial charge in [-0.25, -0.2) is 0 Å². The van der Waals surface area contributed by atoms with Gasteiger partial charge in [0.05, 0.1) is 30.7 Å². The van der Waals surface area contributed by atoms with Crippen molar-refractivity contribution in [1.29, 1.82) is 0 Å². The minimum Gasteiger partial charge on any atom is -0.293 e. The Morgan fingerprint density at radius 1 is 0.733 bits per heavy atom. The van der Waals surface area contributed by atoms with E-state index < -0.39 is 10.9 Å². The zero-order valence-corrected chi connectivity index (χ0v) is 11.4. The van der Waals surface area contributed by atoms with Gasteiger partial charge in [-0.05, 0) is 27.2 Å². The number of hydrogen-bond acceptors (Lipinski definition) is 3. The molecular formula is C11H26O3S. The second-order valence-corrected chi connectivity index (χ2v) is 5.42. The first-order valence-corrected chi connectivity index (χ1v) is 7.56. The van der Waals surface area contributed by atoms with Gasteiger partial charge in [0.2, 0.25) is 0 Å². The Morgan fingerprint density at radius 2 is 1.20 bits per heavy atom. The van der Waals surface area contributed by atoms with Crippen LogP contribution in [0.4, 0.5) is 0 Å². The summed E-state index contributed by atoms with van der Waals surface area (Å²) >= 11 is 0. The normalized spacial score (nSPS) is 13.1. The van der Waals surface area contributed by atoms with Gasteiger partial charge in [-0.1, -0.05) is 19.8 Å². The van der Waals surface area contributed by atoms with E-state index in [9.17, 15) is 0 Å². The highest BCUT2D eigenvalue weighted by molar-refractivity contribution is 8.21. The summed E-state index contributed by atoms with van der Waals surface area (Å²) in [5, 5.41) is 0. The Morgan fingerprint density at radius 3 is 1.53 bits per heavy atom. The van der Waals surface area contributed by atoms with Crippen LogP contribution in [0, 0.1) is 0 Å². The molecule has 3 nitrogen and oxygen atoms in total. The Bertz CT molecular complexity index is 125. The summed E-state index contributed by atoms with van der Waals surface area (Å²) in [5.74, 6) is 0.899. The summed E-state index contributed by atoms with van der Waals surface area (Å²) in [7, 11) is -1.72. The smallest absolute Gasteiger partial charge is 0.0887 e. The monoisotopic (exact) mass is 238 g/mol. The molecule has 0 aromatic heterocycles. The first kappa shape index (κ1) is 15.2. The first-order valence-electron chi connectivity index (χ1n) is 5.98. The Kier molecular flexibility index (Phi) is 9.60. The molecule has 0 aromatic carbocycles. The highest BCUT2D eigenvalue weighted by atomic mass is 32.3. The van der Waals surface area contributed by atoms with Crippen LogP contribution in [0.25, 0.3) is 0 Å². The minimum absolute atomic E-state index is 0.654. The predicted molar refractivity (Wildman–Crippen MR) is 66.9 cm³/mol. The quantitative estimate of drug-likeness (QED) is 0.541. The van der Waals surface area contributed by atoms with Gasteiger partial charge in [0.25, 0.3) is 0 Å². The van der Waals surface area contributed by atoms with Crippen LogP contribution >= 0.6 is 10.9 Å². The van der Waals surface area contributed by atoms with E-state index in [0.29, 0.717) is 19.8 Å². The third-order valence-electron chi connectivity index (χ3n) is 1.89. The van der Waals surface area contributed by atoms with Crippen molar-refractivity contribution in [3.63, 3.8) is 0 Å². The van der Waals surface area contributed by atoms with Crippen LogP contribution in [-0.2, 0) is 12.5 Å². The molecule has 0 aliphatic carbocycles. The molecule has 0 N–H and O–H groups in total. The molecule has 0 aliphatic heterocycles. The molecule has 0 rings (SSSR count). The maximum absolute atomic E-state index is 5.70. The first-order chi connectivity index (χ1) is 7.24. The molecule has 0 spiro atoms. The van der Waals surface area contributed by atoms with E-state index in [4.69, 9.17) is 12.5 Å². The summed E-state index contributed by atoms with van der Waals surface area (Å²) in [6.07, 6.45) is 3.54.